The fourth-order valence-corrected chi connectivity index (χ4v) is 10.1. The van der Waals surface area contributed by atoms with Gasteiger partial charge in [-0.1, -0.05) is 179 Å². The van der Waals surface area contributed by atoms with Crippen LogP contribution in [0.3, 0.4) is 0 Å². The van der Waals surface area contributed by atoms with E-state index in [1.54, 1.807) is 0 Å². The highest BCUT2D eigenvalue weighted by Crippen LogP contribution is 2.53. The van der Waals surface area contributed by atoms with E-state index in [0.717, 1.165) is 0 Å². The van der Waals surface area contributed by atoms with Gasteiger partial charge in [-0.2, -0.15) is 0 Å². The van der Waals surface area contributed by atoms with Gasteiger partial charge >= 0.3 is 0 Å². The second-order valence-electron chi connectivity index (χ2n) is 16.9. The van der Waals surface area contributed by atoms with E-state index < -0.39 is 0 Å². The van der Waals surface area contributed by atoms with Crippen molar-refractivity contribution in [2.45, 2.75) is 38.5 Å². The third-order valence-corrected chi connectivity index (χ3v) is 13.1. The standard InChI is InChI=1S/C56H42/c1-55(2)51-23-12-11-22-46(51)47-27-25-37(33-52(47)55)38-26-29-49-48-28-24-36(32-53(48)56(3,4)54(49)34-38)35-15-13-16-39(30-35)41-18-7-8-20-44(41)50-31-40-14-5-6-17-42(40)43-19-9-10-21-45(43)50/h5-34H,1-4H3. The quantitative estimate of drug-likeness (QED) is 0.159. The lowest BCUT2D eigenvalue weighted by Gasteiger charge is -2.23. The molecule has 0 saturated heterocycles. The maximum atomic E-state index is 2.46. The van der Waals surface area contributed by atoms with Crippen molar-refractivity contribution in [1.29, 1.82) is 0 Å². The molecule has 0 spiro atoms. The maximum Gasteiger partial charge on any atom is 0.0159 e. The lowest BCUT2D eigenvalue weighted by Crippen LogP contribution is -2.15. The molecular formula is C56H42. The van der Waals surface area contributed by atoms with Crippen molar-refractivity contribution in [3.8, 4) is 66.8 Å². The zero-order chi connectivity index (χ0) is 37.8. The summed E-state index contributed by atoms with van der Waals surface area (Å²) in [5.41, 5.74) is 20.9. The first-order valence-electron chi connectivity index (χ1n) is 19.9. The van der Waals surface area contributed by atoms with Gasteiger partial charge in [0, 0.05) is 10.8 Å². The molecule has 0 amide bonds. The highest BCUT2D eigenvalue weighted by atomic mass is 14.4. The van der Waals surface area contributed by atoms with E-state index in [9.17, 15) is 0 Å². The largest absolute Gasteiger partial charge is 0.0619 e. The van der Waals surface area contributed by atoms with Gasteiger partial charge in [0.25, 0.3) is 0 Å². The molecule has 0 saturated carbocycles. The molecule has 0 heterocycles. The Morgan fingerprint density at radius 1 is 0.250 bits per heavy atom. The average Bonchev–Trinajstić information content (AvgIpc) is 3.62. The van der Waals surface area contributed by atoms with E-state index in [4.69, 9.17) is 0 Å². The third-order valence-electron chi connectivity index (χ3n) is 13.1. The van der Waals surface area contributed by atoms with Gasteiger partial charge in [-0.3, -0.25) is 0 Å². The van der Waals surface area contributed by atoms with Crippen LogP contribution in [0.1, 0.15) is 49.9 Å². The highest BCUT2D eigenvalue weighted by molar-refractivity contribution is 6.14. The summed E-state index contributed by atoms with van der Waals surface area (Å²) in [7, 11) is 0. The van der Waals surface area contributed by atoms with Gasteiger partial charge in [-0.25, -0.2) is 0 Å². The van der Waals surface area contributed by atoms with Crippen molar-refractivity contribution in [3.63, 3.8) is 0 Å². The molecule has 0 radical (unpaired) electrons. The van der Waals surface area contributed by atoms with E-state index in [2.05, 4.69) is 210 Å². The van der Waals surface area contributed by atoms with E-state index >= 15 is 0 Å². The second-order valence-corrected chi connectivity index (χ2v) is 16.9. The van der Waals surface area contributed by atoms with Crippen molar-refractivity contribution in [2.75, 3.05) is 0 Å². The summed E-state index contributed by atoms with van der Waals surface area (Å²) in [6.45, 7) is 9.52. The van der Waals surface area contributed by atoms with E-state index in [0.29, 0.717) is 0 Å². The monoisotopic (exact) mass is 714 g/mol. The zero-order valence-corrected chi connectivity index (χ0v) is 32.3. The first-order valence-corrected chi connectivity index (χ1v) is 19.9. The minimum Gasteiger partial charge on any atom is -0.0619 e. The van der Waals surface area contributed by atoms with Crippen LogP contribution < -0.4 is 0 Å². The fourth-order valence-electron chi connectivity index (χ4n) is 10.1. The molecular weight excluding hydrogens is 673 g/mol. The summed E-state index contributed by atoms with van der Waals surface area (Å²) in [4.78, 5) is 0. The molecule has 56 heavy (non-hydrogen) atoms. The van der Waals surface area contributed by atoms with Crippen LogP contribution in [0.5, 0.6) is 0 Å². The highest BCUT2D eigenvalue weighted by Gasteiger charge is 2.37. The Bertz CT molecular complexity index is 3080. The van der Waals surface area contributed by atoms with E-state index in [1.807, 2.05) is 0 Å². The molecule has 0 heteroatoms. The lowest BCUT2D eigenvalue weighted by molar-refractivity contribution is 0.659. The summed E-state index contributed by atoms with van der Waals surface area (Å²) in [5, 5.41) is 5.13. The van der Waals surface area contributed by atoms with Crippen molar-refractivity contribution in [1.82, 2.24) is 0 Å². The van der Waals surface area contributed by atoms with Crippen molar-refractivity contribution in [2.24, 2.45) is 0 Å². The number of hydrogen-bond donors (Lipinski definition) is 0. The molecule has 0 bridgehead atoms. The van der Waals surface area contributed by atoms with Gasteiger partial charge in [0.1, 0.15) is 0 Å². The molecule has 0 N–H and O–H groups in total. The molecule has 9 aromatic carbocycles. The normalized spacial score (nSPS) is 14.4. The molecule has 266 valence electrons. The van der Waals surface area contributed by atoms with Crippen LogP contribution in [0.4, 0.5) is 0 Å². The Balaban J connectivity index is 0.960. The summed E-state index contributed by atoms with van der Waals surface area (Å²) < 4.78 is 0. The van der Waals surface area contributed by atoms with Gasteiger partial charge in [-0.05, 0) is 141 Å². The molecule has 9 aromatic rings. The van der Waals surface area contributed by atoms with Gasteiger partial charge in [0.05, 0.1) is 0 Å². The smallest absolute Gasteiger partial charge is 0.0159 e. The van der Waals surface area contributed by atoms with Crippen LogP contribution in [0.2, 0.25) is 0 Å². The first kappa shape index (κ1) is 32.9. The first-order chi connectivity index (χ1) is 27.3. The Kier molecular flexibility index (Phi) is 7.05. The van der Waals surface area contributed by atoms with E-state index in [1.165, 1.54) is 111 Å². The second kappa shape index (κ2) is 12.0. The molecule has 0 aromatic heterocycles. The topological polar surface area (TPSA) is 0 Å². The van der Waals surface area contributed by atoms with Gasteiger partial charge in [-0.15, -0.1) is 0 Å². The number of hydrogen-bond acceptors (Lipinski definition) is 0. The Hall–Kier alpha value is -6.50. The Labute approximate surface area is 329 Å². The molecule has 0 unspecified atom stereocenters. The van der Waals surface area contributed by atoms with Crippen LogP contribution >= 0.6 is 0 Å². The molecule has 0 nitrogen and oxygen atoms in total. The van der Waals surface area contributed by atoms with Crippen molar-refractivity contribution >= 4 is 21.5 Å². The summed E-state index contributed by atoms with van der Waals surface area (Å²) in [6.07, 6.45) is 0. The van der Waals surface area contributed by atoms with Gasteiger partial charge < -0.3 is 0 Å². The van der Waals surface area contributed by atoms with Crippen molar-refractivity contribution in [3.05, 3.63) is 204 Å². The summed E-state index contributed by atoms with van der Waals surface area (Å²) in [5.74, 6) is 0. The third kappa shape index (κ3) is 4.79. The van der Waals surface area contributed by atoms with Crippen molar-refractivity contribution < 1.29 is 0 Å². The minimum absolute atomic E-state index is 0.0191. The summed E-state index contributed by atoms with van der Waals surface area (Å²) in [6, 6.07) is 68.2. The number of fused-ring (bicyclic) bond motifs is 9. The average molecular weight is 715 g/mol. The lowest BCUT2D eigenvalue weighted by atomic mass is 9.80. The molecule has 2 aliphatic carbocycles. The van der Waals surface area contributed by atoms with Crippen LogP contribution in [0.15, 0.2) is 182 Å². The Morgan fingerprint density at radius 2 is 0.696 bits per heavy atom. The van der Waals surface area contributed by atoms with Crippen LogP contribution in [0, 0.1) is 0 Å². The fraction of sp³-hybridized carbons (Fsp3) is 0.107. The molecule has 2 aliphatic rings. The van der Waals surface area contributed by atoms with E-state index in [-0.39, 0.29) is 10.8 Å². The number of rotatable bonds is 4. The van der Waals surface area contributed by atoms with Crippen LogP contribution in [-0.2, 0) is 10.8 Å². The predicted octanol–water partition coefficient (Wildman–Crippen LogP) is 15.3. The SMILES string of the molecule is CC1(C)c2ccccc2-c2ccc(-c3ccc4c(c3)C(C)(C)c3cc(-c5cccc(-c6ccccc6-c6cc7ccccc7c7ccccc67)c5)ccc3-4)cc21. The number of benzene rings is 9. The minimum atomic E-state index is -0.135. The zero-order valence-electron chi connectivity index (χ0n) is 32.3. The van der Waals surface area contributed by atoms with Crippen LogP contribution in [0.25, 0.3) is 88.3 Å². The van der Waals surface area contributed by atoms with Gasteiger partial charge in [0.2, 0.25) is 0 Å². The maximum absolute atomic E-state index is 2.46. The molecule has 11 rings (SSSR count). The predicted molar refractivity (Wildman–Crippen MR) is 238 cm³/mol. The Morgan fingerprint density at radius 3 is 1.34 bits per heavy atom. The molecule has 0 atom stereocenters. The summed E-state index contributed by atoms with van der Waals surface area (Å²) >= 11 is 0. The van der Waals surface area contributed by atoms with Gasteiger partial charge in [0.15, 0.2) is 0 Å². The van der Waals surface area contributed by atoms with Crippen LogP contribution in [-0.4, -0.2) is 0 Å². The molecule has 0 aliphatic heterocycles. The molecule has 0 fully saturated rings.